The molecule has 0 saturated heterocycles. The Hall–Kier alpha value is -1.95. The van der Waals surface area contributed by atoms with Gasteiger partial charge in [-0.3, -0.25) is 0 Å². The molecule has 8 nitrogen and oxygen atoms in total. The van der Waals surface area contributed by atoms with Crippen LogP contribution < -0.4 is 5.73 Å². The molecule has 2 aromatic rings. The molecule has 3 N–H and O–H groups in total. The van der Waals surface area contributed by atoms with Crippen LogP contribution in [-0.4, -0.2) is 40.4 Å². The van der Waals surface area contributed by atoms with Gasteiger partial charge in [0.15, 0.2) is 9.84 Å². The van der Waals surface area contributed by atoms with Crippen LogP contribution >= 0.6 is 11.3 Å². The highest BCUT2D eigenvalue weighted by molar-refractivity contribution is 7.93. The van der Waals surface area contributed by atoms with Crippen molar-refractivity contribution in [3.8, 4) is 0 Å². The first kappa shape index (κ1) is 19.4. The minimum absolute atomic E-state index is 0.0292. The van der Waals surface area contributed by atoms with E-state index >= 15 is 0 Å². The molecule has 0 aliphatic heterocycles. The Labute approximate surface area is 148 Å². The quantitative estimate of drug-likeness (QED) is 0.698. The first-order chi connectivity index (χ1) is 11.7. The van der Waals surface area contributed by atoms with Gasteiger partial charge in [-0.2, -0.15) is 0 Å². The van der Waals surface area contributed by atoms with E-state index < -0.39 is 38.1 Å². The number of sulfone groups is 2. The van der Waals surface area contributed by atoms with Gasteiger partial charge in [0.05, 0.1) is 22.2 Å². The molecule has 0 fully saturated rings. The summed E-state index contributed by atoms with van der Waals surface area (Å²) >= 11 is 0.922. The summed E-state index contributed by atoms with van der Waals surface area (Å²) in [5.74, 6) is -0.437. The molecule has 136 valence electrons. The zero-order chi connectivity index (χ0) is 18.7. The van der Waals surface area contributed by atoms with Crippen LogP contribution in [0.15, 0.2) is 50.4 Å². The van der Waals surface area contributed by atoms with Gasteiger partial charge >= 0.3 is 6.09 Å². The smallest absolute Gasteiger partial charge is 0.404 e. The van der Waals surface area contributed by atoms with Gasteiger partial charge in [-0.15, -0.1) is 11.3 Å². The van der Waals surface area contributed by atoms with Gasteiger partial charge in [0.25, 0.3) is 0 Å². The van der Waals surface area contributed by atoms with E-state index in [-0.39, 0.29) is 20.6 Å². The average molecular weight is 405 g/mol. The van der Waals surface area contributed by atoms with Crippen molar-refractivity contribution in [1.29, 1.82) is 0 Å². The van der Waals surface area contributed by atoms with E-state index in [9.17, 15) is 21.6 Å². The maximum absolute atomic E-state index is 12.6. The van der Waals surface area contributed by atoms with Crippen LogP contribution in [-0.2, 0) is 31.0 Å². The summed E-state index contributed by atoms with van der Waals surface area (Å²) in [5.41, 5.74) is 4.86. The Bertz CT molecular complexity index is 960. The van der Waals surface area contributed by atoms with E-state index in [0.717, 1.165) is 11.3 Å². The molecule has 1 aromatic carbocycles. The SMILES string of the molecule is NC(=O)OCc1ccc(S(=O)(=O)c2ccc(S(=O)(=O)CCO)cc2)s1. The van der Waals surface area contributed by atoms with Crippen molar-refractivity contribution < 1.29 is 31.5 Å². The van der Waals surface area contributed by atoms with Crippen LogP contribution in [0.1, 0.15) is 4.88 Å². The normalized spacial score (nSPS) is 12.0. The number of ether oxygens (including phenoxy) is 1. The Balaban J connectivity index is 2.27. The first-order valence-corrected chi connectivity index (χ1v) is 10.8. The zero-order valence-corrected chi connectivity index (χ0v) is 15.2. The van der Waals surface area contributed by atoms with Crippen molar-refractivity contribution in [3.05, 3.63) is 41.3 Å². The molecule has 1 aromatic heterocycles. The number of hydrogen-bond donors (Lipinski definition) is 2. The number of primary amides is 1. The topological polar surface area (TPSA) is 141 Å². The fourth-order valence-electron chi connectivity index (χ4n) is 1.90. The van der Waals surface area contributed by atoms with E-state index in [2.05, 4.69) is 4.74 Å². The third kappa shape index (κ3) is 4.57. The number of aliphatic hydroxyl groups excluding tert-OH is 1. The maximum Gasteiger partial charge on any atom is 0.404 e. The molecular weight excluding hydrogens is 390 g/mol. The largest absolute Gasteiger partial charge is 0.444 e. The highest BCUT2D eigenvalue weighted by Crippen LogP contribution is 2.29. The van der Waals surface area contributed by atoms with Crippen molar-refractivity contribution in [2.75, 3.05) is 12.4 Å². The van der Waals surface area contributed by atoms with Gasteiger partial charge in [-0.1, -0.05) is 0 Å². The van der Waals surface area contributed by atoms with Crippen LogP contribution in [0, 0.1) is 0 Å². The number of carbonyl (C=O) groups excluding carboxylic acids is 1. The Morgan fingerprint density at radius 2 is 1.64 bits per heavy atom. The molecule has 0 atom stereocenters. The fourth-order valence-corrected chi connectivity index (χ4v) is 5.60. The summed E-state index contributed by atoms with van der Waals surface area (Å²) in [7, 11) is -7.48. The summed E-state index contributed by atoms with van der Waals surface area (Å²) in [6.07, 6.45) is -0.961. The molecule has 11 heteroatoms. The molecule has 0 aliphatic rings. The Morgan fingerprint density at radius 3 is 2.20 bits per heavy atom. The number of rotatable bonds is 7. The fraction of sp³-hybridized carbons (Fsp3) is 0.214. The monoisotopic (exact) mass is 405 g/mol. The minimum atomic E-state index is -3.83. The Morgan fingerprint density at radius 1 is 1.04 bits per heavy atom. The highest BCUT2D eigenvalue weighted by Gasteiger charge is 2.22. The lowest BCUT2D eigenvalue weighted by molar-refractivity contribution is 0.151. The molecule has 0 radical (unpaired) electrons. The lowest BCUT2D eigenvalue weighted by Crippen LogP contribution is -2.12. The van der Waals surface area contributed by atoms with Crippen molar-refractivity contribution in [2.45, 2.75) is 20.6 Å². The van der Waals surface area contributed by atoms with Crippen molar-refractivity contribution >= 4 is 37.1 Å². The number of thiophene rings is 1. The average Bonchev–Trinajstić information content (AvgIpc) is 3.03. The van der Waals surface area contributed by atoms with E-state index in [0.29, 0.717) is 4.88 Å². The van der Waals surface area contributed by atoms with E-state index in [1.165, 1.54) is 36.4 Å². The standard InChI is InChI=1S/C14H15NO7S3/c15-14(17)22-9-10-1-6-13(23-10)25(20,21)12-4-2-11(3-5-12)24(18,19)8-7-16/h1-6,16H,7-9H2,(H2,15,17). The van der Waals surface area contributed by atoms with Crippen LogP contribution in [0.5, 0.6) is 0 Å². The summed E-state index contributed by atoms with van der Waals surface area (Å²) in [5, 5.41) is 8.76. The summed E-state index contributed by atoms with van der Waals surface area (Å²) in [6, 6.07) is 7.62. The van der Waals surface area contributed by atoms with E-state index in [1.54, 1.807) is 0 Å². The minimum Gasteiger partial charge on any atom is -0.444 e. The molecular formula is C14H15NO7S3. The third-order valence-corrected chi connectivity index (χ3v) is 8.14. The lowest BCUT2D eigenvalue weighted by atomic mass is 10.4. The number of amides is 1. The molecule has 0 spiro atoms. The summed E-state index contributed by atoms with van der Waals surface area (Å²) in [6.45, 7) is -0.651. The highest BCUT2D eigenvalue weighted by atomic mass is 32.2. The van der Waals surface area contributed by atoms with E-state index in [4.69, 9.17) is 10.8 Å². The number of carbonyl (C=O) groups is 1. The molecule has 1 amide bonds. The number of hydrogen-bond acceptors (Lipinski definition) is 8. The predicted molar refractivity (Wildman–Crippen MR) is 89.7 cm³/mol. The summed E-state index contributed by atoms with van der Waals surface area (Å²) < 4.78 is 53.4. The van der Waals surface area contributed by atoms with Gasteiger partial charge < -0.3 is 15.6 Å². The lowest BCUT2D eigenvalue weighted by Gasteiger charge is -2.05. The predicted octanol–water partition coefficient (Wildman–Crippen LogP) is 0.942. The van der Waals surface area contributed by atoms with Gasteiger partial charge in [-0.25, -0.2) is 21.6 Å². The maximum atomic E-state index is 12.6. The third-order valence-electron chi connectivity index (χ3n) is 3.11. The second-order valence-corrected chi connectivity index (χ2v) is 10.3. The Kier molecular flexibility index (Phi) is 5.83. The molecule has 0 unspecified atom stereocenters. The second kappa shape index (κ2) is 7.52. The van der Waals surface area contributed by atoms with Gasteiger partial charge in [0, 0.05) is 4.88 Å². The van der Waals surface area contributed by atoms with Crippen molar-refractivity contribution in [3.63, 3.8) is 0 Å². The zero-order valence-electron chi connectivity index (χ0n) is 12.8. The molecule has 25 heavy (non-hydrogen) atoms. The number of aliphatic hydroxyl groups is 1. The van der Waals surface area contributed by atoms with Crippen molar-refractivity contribution in [2.24, 2.45) is 5.73 Å². The van der Waals surface area contributed by atoms with Crippen LogP contribution in [0.3, 0.4) is 0 Å². The molecule has 2 rings (SSSR count). The van der Waals surface area contributed by atoms with Crippen LogP contribution in [0.4, 0.5) is 4.79 Å². The molecule has 1 heterocycles. The van der Waals surface area contributed by atoms with Crippen molar-refractivity contribution in [1.82, 2.24) is 0 Å². The summed E-state index contributed by atoms with van der Waals surface area (Å²) in [4.78, 5) is 10.9. The molecule has 0 saturated carbocycles. The van der Waals surface area contributed by atoms with Gasteiger partial charge in [0.2, 0.25) is 9.84 Å². The van der Waals surface area contributed by atoms with E-state index in [1.807, 2.05) is 0 Å². The molecule has 0 aliphatic carbocycles. The number of benzene rings is 1. The first-order valence-electron chi connectivity index (χ1n) is 6.86. The van der Waals surface area contributed by atoms with Crippen LogP contribution in [0.2, 0.25) is 0 Å². The second-order valence-electron chi connectivity index (χ2n) is 4.85. The molecule has 0 bridgehead atoms. The number of nitrogens with two attached hydrogens (primary N) is 1. The van der Waals surface area contributed by atoms with Gasteiger partial charge in [-0.05, 0) is 36.4 Å². The van der Waals surface area contributed by atoms with Crippen LogP contribution in [0.25, 0.3) is 0 Å². The van der Waals surface area contributed by atoms with Gasteiger partial charge in [0.1, 0.15) is 10.8 Å².